The Labute approximate surface area is 110 Å². The van der Waals surface area contributed by atoms with Gasteiger partial charge in [0.1, 0.15) is 5.75 Å². The van der Waals surface area contributed by atoms with Crippen molar-refractivity contribution in [1.82, 2.24) is 4.57 Å². The molecule has 0 aliphatic heterocycles. The van der Waals surface area contributed by atoms with Crippen LogP contribution >= 0.6 is 0 Å². The Morgan fingerprint density at radius 2 is 1.89 bits per heavy atom. The second-order valence-electron chi connectivity index (χ2n) is 4.33. The molecule has 0 bridgehead atoms. The van der Waals surface area contributed by atoms with E-state index in [1.54, 1.807) is 37.3 Å². The van der Waals surface area contributed by atoms with Crippen molar-refractivity contribution in [1.29, 1.82) is 0 Å². The fourth-order valence-corrected chi connectivity index (χ4v) is 2.08. The van der Waals surface area contributed by atoms with E-state index in [9.17, 15) is 9.90 Å². The van der Waals surface area contributed by atoms with Crippen molar-refractivity contribution < 1.29 is 10.2 Å². The summed E-state index contributed by atoms with van der Waals surface area (Å²) in [6.07, 6.45) is 0. The lowest BCUT2D eigenvalue weighted by Gasteiger charge is -2.14. The number of hydrogen-bond donors (Lipinski definition) is 3. The van der Waals surface area contributed by atoms with Gasteiger partial charge in [-0.3, -0.25) is 4.79 Å². The lowest BCUT2D eigenvalue weighted by molar-refractivity contribution is 0.273. The summed E-state index contributed by atoms with van der Waals surface area (Å²) in [4.78, 5) is 11.9. The van der Waals surface area contributed by atoms with Crippen molar-refractivity contribution in [3.05, 3.63) is 46.4 Å². The smallest absolute Gasteiger partial charge is 0.273 e. The molecule has 0 unspecified atom stereocenters. The third kappa shape index (κ3) is 2.46. The summed E-state index contributed by atoms with van der Waals surface area (Å²) in [5, 5.41) is 18.3. The first-order chi connectivity index (χ1) is 9.04. The van der Waals surface area contributed by atoms with Gasteiger partial charge in [0.15, 0.2) is 0 Å². The van der Waals surface area contributed by atoms with Crippen LogP contribution in [0.4, 0.5) is 5.69 Å². The number of aromatic hydroxyl groups is 1. The van der Waals surface area contributed by atoms with Crippen LogP contribution in [0.3, 0.4) is 0 Å². The maximum atomic E-state index is 11.9. The van der Waals surface area contributed by atoms with Gasteiger partial charge in [-0.2, -0.15) is 0 Å². The molecule has 0 aliphatic carbocycles. The summed E-state index contributed by atoms with van der Waals surface area (Å²) < 4.78 is 1.46. The zero-order valence-electron chi connectivity index (χ0n) is 10.6. The molecule has 0 amide bonds. The van der Waals surface area contributed by atoms with E-state index in [1.807, 2.05) is 0 Å². The van der Waals surface area contributed by atoms with Gasteiger partial charge in [-0.15, -0.1) is 0 Å². The number of nitrogens with two attached hydrogens (primary N) is 1. The molecule has 5 heteroatoms. The summed E-state index contributed by atoms with van der Waals surface area (Å²) in [6.45, 7) is 1.89. The highest BCUT2D eigenvalue weighted by atomic mass is 16.3. The summed E-state index contributed by atoms with van der Waals surface area (Å²) in [5.74, 6) is 0.179. The molecule has 0 saturated heterocycles. The van der Waals surface area contributed by atoms with Gasteiger partial charge in [0, 0.05) is 17.8 Å². The van der Waals surface area contributed by atoms with Crippen LogP contribution in [0.25, 0.3) is 11.1 Å². The van der Waals surface area contributed by atoms with Crippen LogP contribution in [0.1, 0.15) is 5.69 Å². The highest BCUT2D eigenvalue weighted by molar-refractivity contribution is 5.69. The summed E-state index contributed by atoms with van der Waals surface area (Å²) in [7, 11) is 0. The number of benzene rings is 1. The van der Waals surface area contributed by atoms with Gasteiger partial charge in [0.05, 0.1) is 12.3 Å². The first-order valence-electron chi connectivity index (χ1n) is 5.94. The SMILES string of the molecule is Cc1c(-c2ccc(O)cc2)cc(N)c(=O)n1CCO. The highest BCUT2D eigenvalue weighted by Gasteiger charge is 2.11. The number of anilines is 1. The normalized spacial score (nSPS) is 10.6. The molecule has 1 aromatic heterocycles. The zero-order valence-corrected chi connectivity index (χ0v) is 10.6. The van der Waals surface area contributed by atoms with Crippen LogP contribution < -0.4 is 11.3 Å². The van der Waals surface area contributed by atoms with Gasteiger partial charge >= 0.3 is 0 Å². The van der Waals surface area contributed by atoms with Gasteiger partial charge in [-0.1, -0.05) is 12.1 Å². The zero-order chi connectivity index (χ0) is 14.0. The predicted molar refractivity (Wildman–Crippen MR) is 74.0 cm³/mol. The van der Waals surface area contributed by atoms with Gasteiger partial charge in [-0.05, 0) is 30.7 Å². The van der Waals surface area contributed by atoms with Crippen LogP contribution in [0.2, 0.25) is 0 Å². The van der Waals surface area contributed by atoms with Gasteiger partial charge in [0.2, 0.25) is 0 Å². The van der Waals surface area contributed by atoms with Crippen LogP contribution in [-0.2, 0) is 6.54 Å². The Morgan fingerprint density at radius 3 is 2.47 bits per heavy atom. The molecule has 5 nitrogen and oxygen atoms in total. The molecule has 0 aliphatic rings. The minimum atomic E-state index is -0.297. The first kappa shape index (κ1) is 13.2. The van der Waals surface area contributed by atoms with E-state index < -0.39 is 0 Å². The van der Waals surface area contributed by atoms with E-state index in [0.29, 0.717) is 0 Å². The molecule has 0 atom stereocenters. The molecule has 0 saturated carbocycles. The lowest BCUT2D eigenvalue weighted by atomic mass is 10.0. The molecule has 0 radical (unpaired) electrons. The standard InChI is InChI=1S/C14H16N2O3/c1-9-12(10-2-4-11(18)5-3-10)8-13(15)14(19)16(9)6-7-17/h2-5,8,17-18H,6-7,15H2,1H3. The van der Waals surface area contributed by atoms with Crippen LogP contribution in [0.15, 0.2) is 35.1 Å². The molecular weight excluding hydrogens is 244 g/mol. The average molecular weight is 260 g/mol. The van der Waals surface area contributed by atoms with E-state index >= 15 is 0 Å². The quantitative estimate of drug-likeness (QED) is 0.771. The third-order valence-electron chi connectivity index (χ3n) is 3.09. The third-order valence-corrected chi connectivity index (χ3v) is 3.09. The molecular formula is C14H16N2O3. The number of pyridine rings is 1. The number of phenols is 1. The van der Waals surface area contributed by atoms with Crippen molar-refractivity contribution in [2.24, 2.45) is 0 Å². The molecule has 100 valence electrons. The number of aromatic nitrogens is 1. The largest absolute Gasteiger partial charge is 0.508 e. The molecule has 2 aromatic rings. The summed E-state index contributed by atoms with van der Waals surface area (Å²) >= 11 is 0. The predicted octanol–water partition coefficient (Wildman–Crippen LogP) is 1.10. The fraction of sp³-hybridized carbons (Fsp3) is 0.214. The second-order valence-corrected chi connectivity index (χ2v) is 4.33. The Balaban J connectivity index is 2.64. The lowest BCUT2D eigenvalue weighted by Crippen LogP contribution is -2.26. The minimum absolute atomic E-state index is 0.126. The second kappa shape index (κ2) is 5.16. The van der Waals surface area contributed by atoms with Crippen molar-refractivity contribution >= 4 is 5.69 Å². The van der Waals surface area contributed by atoms with Crippen molar-refractivity contribution in [3.8, 4) is 16.9 Å². The number of hydrogen-bond acceptors (Lipinski definition) is 4. The number of rotatable bonds is 3. The topological polar surface area (TPSA) is 88.5 Å². The molecule has 1 aromatic carbocycles. The van der Waals surface area contributed by atoms with E-state index in [-0.39, 0.29) is 30.1 Å². The van der Waals surface area contributed by atoms with Crippen LogP contribution in [0, 0.1) is 6.92 Å². The summed E-state index contributed by atoms with van der Waals surface area (Å²) in [6, 6.07) is 8.28. The van der Waals surface area contributed by atoms with E-state index in [1.165, 1.54) is 4.57 Å². The first-order valence-corrected chi connectivity index (χ1v) is 5.94. The molecule has 2 rings (SSSR count). The Kier molecular flexibility index (Phi) is 3.57. The van der Waals surface area contributed by atoms with Crippen LogP contribution in [0.5, 0.6) is 5.75 Å². The molecule has 0 spiro atoms. The van der Waals surface area contributed by atoms with E-state index in [4.69, 9.17) is 10.8 Å². The fourth-order valence-electron chi connectivity index (χ4n) is 2.08. The maximum absolute atomic E-state index is 11.9. The van der Waals surface area contributed by atoms with Gasteiger partial charge in [-0.25, -0.2) is 0 Å². The maximum Gasteiger partial charge on any atom is 0.273 e. The Bertz CT molecular complexity index is 645. The molecule has 4 N–H and O–H groups in total. The van der Waals surface area contributed by atoms with E-state index in [0.717, 1.165) is 16.8 Å². The number of nitrogens with zero attached hydrogens (tertiary/aromatic N) is 1. The Morgan fingerprint density at radius 1 is 1.26 bits per heavy atom. The van der Waals surface area contributed by atoms with Crippen molar-refractivity contribution in [2.45, 2.75) is 13.5 Å². The molecule has 19 heavy (non-hydrogen) atoms. The monoisotopic (exact) mass is 260 g/mol. The van der Waals surface area contributed by atoms with Gasteiger partial charge in [0.25, 0.3) is 5.56 Å². The van der Waals surface area contributed by atoms with Crippen LogP contribution in [-0.4, -0.2) is 21.4 Å². The van der Waals surface area contributed by atoms with Crippen molar-refractivity contribution in [2.75, 3.05) is 12.3 Å². The molecule has 1 heterocycles. The molecule has 0 fully saturated rings. The van der Waals surface area contributed by atoms with E-state index in [2.05, 4.69) is 0 Å². The Hall–Kier alpha value is -2.27. The minimum Gasteiger partial charge on any atom is -0.508 e. The number of aliphatic hydroxyl groups excluding tert-OH is 1. The van der Waals surface area contributed by atoms with Crippen molar-refractivity contribution in [3.63, 3.8) is 0 Å². The average Bonchev–Trinajstić information content (AvgIpc) is 2.40. The highest BCUT2D eigenvalue weighted by Crippen LogP contribution is 2.25. The summed E-state index contributed by atoms with van der Waals surface area (Å²) in [5.41, 5.74) is 7.97. The number of phenolic OH excluding ortho intramolecular Hbond substituents is 1. The van der Waals surface area contributed by atoms with Gasteiger partial charge < -0.3 is 20.5 Å². The number of aliphatic hydroxyl groups is 1. The number of nitrogen functional groups attached to an aromatic ring is 1.